The maximum Gasteiger partial charge on any atom is 0.352 e. The summed E-state index contributed by atoms with van der Waals surface area (Å²) in [5.74, 6) is -0.996. The van der Waals surface area contributed by atoms with Gasteiger partial charge in [-0.25, -0.2) is 4.79 Å². The lowest BCUT2D eigenvalue weighted by Crippen LogP contribution is -1.94. The lowest BCUT2D eigenvalue weighted by Gasteiger charge is -1.95. The molecule has 0 unspecified atom stereocenters. The number of rotatable bonds is 1. The number of nitrogens with zero attached hydrogens (tertiary/aromatic N) is 1. The van der Waals surface area contributed by atoms with E-state index in [4.69, 9.17) is 10.4 Å². The molecule has 0 bridgehead atoms. The molecule has 0 saturated heterocycles. The van der Waals surface area contributed by atoms with Gasteiger partial charge in [-0.1, -0.05) is 0 Å². The molecule has 2 aromatic rings. The molecule has 0 spiro atoms. The summed E-state index contributed by atoms with van der Waals surface area (Å²) in [6.07, 6.45) is 0. The van der Waals surface area contributed by atoms with Crippen molar-refractivity contribution >= 4 is 16.9 Å². The van der Waals surface area contributed by atoms with Crippen LogP contribution in [-0.2, 0) is 0 Å². The van der Waals surface area contributed by atoms with Gasteiger partial charge in [0.05, 0.1) is 11.6 Å². The van der Waals surface area contributed by atoms with E-state index < -0.39 is 5.97 Å². The molecule has 1 heterocycles. The average molecular weight is 200 g/mol. The minimum absolute atomic E-state index is 0.142. The summed E-state index contributed by atoms with van der Waals surface area (Å²) < 4.78 is 0. The number of carboxylic acids is 1. The molecule has 0 saturated carbocycles. The van der Waals surface area contributed by atoms with Gasteiger partial charge in [-0.2, -0.15) is 5.26 Å². The molecule has 0 aliphatic heterocycles. The van der Waals surface area contributed by atoms with Crippen LogP contribution in [0.3, 0.4) is 0 Å². The van der Waals surface area contributed by atoms with E-state index in [9.17, 15) is 4.79 Å². The normalized spacial score (nSPS) is 10.1. The summed E-state index contributed by atoms with van der Waals surface area (Å²) in [6, 6.07) is 6.99. The predicted molar refractivity (Wildman–Crippen MR) is 54.7 cm³/mol. The van der Waals surface area contributed by atoms with E-state index in [1.807, 2.05) is 13.0 Å². The lowest BCUT2D eigenvalue weighted by atomic mass is 10.1. The highest BCUT2D eigenvalue weighted by atomic mass is 16.4. The zero-order valence-corrected chi connectivity index (χ0v) is 8.03. The van der Waals surface area contributed by atoms with Gasteiger partial charge in [0.15, 0.2) is 0 Å². The van der Waals surface area contributed by atoms with Gasteiger partial charge < -0.3 is 10.1 Å². The Bertz CT molecular complexity index is 590. The van der Waals surface area contributed by atoms with Crippen molar-refractivity contribution in [3.63, 3.8) is 0 Å². The number of H-pyrrole nitrogens is 1. The zero-order valence-electron chi connectivity index (χ0n) is 8.03. The van der Waals surface area contributed by atoms with Crippen molar-refractivity contribution in [1.29, 1.82) is 5.26 Å². The van der Waals surface area contributed by atoms with Crippen LogP contribution in [0.4, 0.5) is 0 Å². The van der Waals surface area contributed by atoms with Gasteiger partial charge in [0.2, 0.25) is 0 Å². The smallest absolute Gasteiger partial charge is 0.352 e. The standard InChI is InChI=1S/C11H8N2O2/c1-6-2-7(5-12)3-9-8(6)4-10(13-9)11(14)15/h2-4,13H,1H3,(H,14,15). The van der Waals surface area contributed by atoms with E-state index in [2.05, 4.69) is 4.98 Å². The molecule has 0 radical (unpaired) electrons. The Morgan fingerprint density at radius 3 is 2.80 bits per heavy atom. The first-order valence-electron chi connectivity index (χ1n) is 4.38. The maximum absolute atomic E-state index is 10.7. The monoisotopic (exact) mass is 200 g/mol. The van der Waals surface area contributed by atoms with Crippen LogP contribution in [-0.4, -0.2) is 16.1 Å². The maximum atomic E-state index is 10.7. The van der Waals surface area contributed by atoms with Gasteiger partial charge in [-0.15, -0.1) is 0 Å². The number of hydrogen-bond donors (Lipinski definition) is 2. The molecular formula is C11H8N2O2. The van der Waals surface area contributed by atoms with Crippen molar-refractivity contribution in [3.8, 4) is 6.07 Å². The summed E-state index contributed by atoms with van der Waals surface area (Å²) in [5.41, 5.74) is 2.25. The van der Waals surface area contributed by atoms with E-state index in [1.54, 1.807) is 18.2 Å². The third kappa shape index (κ3) is 1.44. The SMILES string of the molecule is Cc1cc(C#N)cc2[nH]c(C(=O)O)cc12. The minimum Gasteiger partial charge on any atom is -0.477 e. The number of fused-ring (bicyclic) bond motifs is 1. The Morgan fingerprint density at radius 1 is 1.47 bits per heavy atom. The highest BCUT2D eigenvalue weighted by Crippen LogP contribution is 2.21. The quantitative estimate of drug-likeness (QED) is 0.739. The van der Waals surface area contributed by atoms with Gasteiger partial charge in [0.25, 0.3) is 0 Å². The second kappa shape index (κ2) is 3.14. The van der Waals surface area contributed by atoms with Crippen LogP contribution in [0.25, 0.3) is 10.9 Å². The molecule has 1 aromatic heterocycles. The first-order chi connectivity index (χ1) is 7.11. The molecular weight excluding hydrogens is 192 g/mol. The highest BCUT2D eigenvalue weighted by molar-refractivity contribution is 5.95. The highest BCUT2D eigenvalue weighted by Gasteiger charge is 2.09. The van der Waals surface area contributed by atoms with Crippen LogP contribution in [0.5, 0.6) is 0 Å². The molecule has 74 valence electrons. The molecule has 15 heavy (non-hydrogen) atoms. The summed E-state index contributed by atoms with van der Waals surface area (Å²) >= 11 is 0. The van der Waals surface area contributed by atoms with Crippen molar-refractivity contribution in [3.05, 3.63) is 35.0 Å². The Labute approximate surface area is 85.8 Å². The Balaban J connectivity index is 2.76. The number of carbonyl (C=O) groups is 1. The number of carboxylic acid groups (broad SMARTS) is 1. The van der Waals surface area contributed by atoms with E-state index in [0.29, 0.717) is 11.1 Å². The largest absolute Gasteiger partial charge is 0.477 e. The second-order valence-corrected chi connectivity index (χ2v) is 3.35. The lowest BCUT2D eigenvalue weighted by molar-refractivity contribution is 0.0691. The average Bonchev–Trinajstić information content (AvgIpc) is 2.61. The summed E-state index contributed by atoms with van der Waals surface area (Å²) in [4.78, 5) is 13.5. The van der Waals surface area contributed by atoms with Crippen LogP contribution in [0, 0.1) is 18.3 Å². The second-order valence-electron chi connectivity index (χ2n) is 3.35. The number of benzene rings is 1. The van der Waals surface area contributed by atoms with Gasteiger partial charge in [-0.05, 0) is 30.7 Å². The van der Waals surface area contributed by atoms with E-state index in [-0.39, 0.29) is 5.69 Å². The van der Waals surface area contributed by atoms with Gasteiger partial charge >= 0.3 is 5.97 Å². The summed E-state index contributed by atoms with van der Waals surface area (Å²) in [5, 5.41) is 18.4. The van der Waals surface area contributed by atoms with Crippen LogP contribution < -0.4 is 0 Å². The fourth-order valence-corrected chi connectivity index (χ4v) is 1.60. The fraction of sp³-hybridized carbons (Fsp3) is 0.0909. The van der Waals surface area contributed by atoms with Crippen molar-refractivity contribution in [1.82, 2.24) is 4.98 Å². The molecule has 1 aromatic carbocycles. The number of aromatic carboxylic acids is 1. The number of nitriles is 1. The van der Waals surface area contributed by atoms with Crippen molar-refractivity contribution in [2.75, 3.05) is 0 Å². The van der Waals surface area contributed by atoms with Gasteiger partial charge in [0, 0.05) is 10.9 Å². The van der Waals surface area contributed by atoms with Crippen LogP contribution in [0.1, 0.15) is 21.6 Å². The zero-order chi connectivity index (χ0) is 11.0. The number of aromatic nitrogens is 1. The van der Waals surface area contributed by atoms with E-state index in [0.717, 1.165) is 10.9 Å². The van der Waals surface area contributed by atoms with E-state index in [1.165, 1.54) is 0 Å². The van der Waals surface area contributed by atoms with Crippen molar-refractivity contribution in [2.45, 2.75) is 6.92 Å². The Morgan fingerprint density at radius 2 is 2.20 bits per heavy atom. The number of nitrogens with one attached hydrogen (secondary N) is 1. The van der Waals surface area contributed by atoms with Crippen LogP contribution in [0.15, 0.2) is 18.2 Å². The number of aryl methyl sites for hydroxylation is 1. The van der Waals surface area contributed by atoms with Crippen LogP contribution >= 0.6 is 0 Å². The van der Waals surface area contributed by atoms with Crippen LogP contribution in [0.2, 0.25) is 0 Å². The molecule has 4 heteroatoms. The molecule has 0 atom stereocenters. The minimum atomic E-state index is -0.996. The molecule has 4 nitrogen and oxygen atoms in total. The number of hydrogen-bond acceptors (Lipinski definition) is 2. The van der Waals surface area contributed by atoms with Gasteiger partial charge in [0.1, 0.15) is 5.69 Å². The number of aromatic amines is 1. The predicted octanol–water partition coefficient (Wildman–Crippen LogP) is 2.05. The molecule has 2 N–H and O–H groups in total. The molecule has 0 amide bonds. The summed E-state index contributed by atoms with van der Waals surface area (Å²) in [7, 11) is 0. The third-order valence-electron chi connectivity index (χ3n) is 2.30. The van der Waals surface area contributed by atoms with E-state index >= 15 is 0 Å². The molecule has 2 rings (SSSR count). The fourth-order valence-electron chi connectivity index (χ4n) is 1.60. The van der Waals surface area contributed by atoms with Crippen molar-refractivity contribution in [2.24, 2.45) is 0 Å². The Hall–Kier alpha value is -2.28. The summed E-state index contributed by atoms with van der Waals surface area (Å²) in [6.45, 7) is 1.85. The molecule has 0 aliphatic carbocycles. The van der Waals surface area contributed by atoms with Crippen molar-refractivity contribution < 1.29 is 9.90 Å². The third-order valence-corrected chi connectivity index (χ3v) is 2.30. The molecule has 0 aliphatic rings. The molecule has 0 fully saturated rings. The topological polar surface area (TPSA) is 76.9 Å². The first kappa shape index (κ1) is 9.28. The Kier molecular flexibility index (Phi) is 1.94. The first-order valence-corrected chi connectivity index (χ1v) is 4.38. The van der Waals surface area contributed by atoms with Gasteiger partial charge in [-0.3, -0.25) is 0 Å².